The van der Waals surface area contributed by atoms with Gasteiger partial charge >= 0.3 is 6.03 Å². The Labute approximate surface area is 114 Å². The number of aliphatic hydroxyl groups excluding tert-OH is 1. The van der Waals surface area contributed by atoms with Gasteiger partial charge in [0.25, 0.3) is 0 Å². The number of nitrogens with zero attached hydrogens (tertiary/aromatic N) is 3. The van der Waals surface area contributed by atoms with E-state index in [4.69, 9.17) is 0 Å². The lowest BCUT2D eigenvalue weighted by Crippen LogP contribution is -2.56. The average Bonchev–Trinajstić information content (AvgIpc) is 2.82. The van der Waals surface area contributed by atoms with E-state index < -0.39 is 23.8 Å². The second-order valence-electron chi connectivity index (χ2n) is 4.94. The largest absolute Gasteiger partial charge is 0.389 e. The Bertz CT molecular complexity index is 552. The average molecular weight is 281 g/mol. The summed E-state index contributed by atoms with van der Waals surface area (Å²) in [5, 5.41) is 14.4. The van der Waals surface area contributed by atoms with E-state index in [2.05, 4.69) is 5.10 Å². The van der Waals surface area contributed by atoms with Crippen molar-refractivity contribution in [3.63, 3.8) is 0 Å². The Hall–Kier alpha value is -2.02. The van der Waals surface area contributed by atoms with Crippen LogP contribution >= 0.6 is 0 Å². The molecule has 2 amide bonds. The van der Waals surface area contributed by atoms with Crippen molar-refractivity contribution in [2.45, 2.75) is 18.6 Å². The summed E-state index contributed by atoms with van der Waals surface area (Å²) in [7, 11) is 0. The molecule has 0 radical (unpaired) electrons. The molecule has 1 aromatic carbocycles. The van der Waals surface area contributed by atoms with Crippen LogP contribution in [0.3, 0.4) is 0 Å². The first-order chi connectivity index (χ1) is 9.54. The highest BCUT2D eigenvalue weighted by Gasteiger charge is 2.37. The van der Waals surface area contributed by atoms with Gasteiger partial charge in [0.2, 0.25) is 0 Å². The molecule has 20 heavy (non-hydrogen) atoms. The maximum atomic E-state index is 13.3. The number of β-amino-alcohol motifs (C(OH)–C–C–N with tert-alkyl or cyclic N) is 1. The molecule has 2 heterocycles. The normalized spacial score (nSPS) is 22.2. The number of carbonyl (C=O) groups is 1. The van der Waals surface area contributed by atoms with E-state index in [-0.39, 0.29) is 19.1 Å². The van der Waals surface area contributed by atoms with Crippen LogP contribution in [0.5, 0.6) is 0 Å². The van der Waals surface area contributed by atoms with E-state index >= 15 is 0 Å². The lowest BCUT2D eigenvalue weighted by molar-refractivity contribution is 0.0124. The molecular formula is C13H13F2N3O2. The fourth-order valence-electron chi connectivity index (χ4n) is 2.40. The Morgan fingerprint density at radius 1 is 1.25 bits per heavy atom. The molecule has 5 nitrogen and oxygen atoms in total. The molecule has 1 N–H and O–H groups in total. The van der Waals surface area contributed by atoms with E-state index in [0.717, 1.165) is 6.07 Å². The van der Waals surface area contributed by atoms with Crippen molar-refractivity contribution < 1.29 is 18.7 Å². The number of hydrogen-bond acceptors (Lipinski definition) is 3. The highest BCUT2D eigenvalue weighted by molar-refractivity contribution is 5.79. The molecule has 0 aliphatic carbocycles. The minimum Gasteiger partial charge on any atom is -0.389 e. The van der Waals surface area contributed by atoms with Gasteiger partial charge in [-0.3, -0.25) is 0 Å². The number of amides is 2. The van der Waals surface area contributed by atoms with Gasteiger partial charge < -0.3 is 10.0 Å². The van der Waals surface area contributed by atoms with Crippen LogP contribution in [0.2, 0.25) is 0 Å². The summed E-state index contributed by atoms with van der Waals surface area (Å²) in [6.07, 6.45) is 1.45. The van der Waals surface area contributed by atoms with Gasteiger partial charge in [0.1, 0.15) is 11.6 Å². The second kappa shape index (κ2) is 4.82. The molecule has 2 aliphatic heterocycles. The van der Waals surface area contributed by atoms with Gasteiger partial charge in [-0.05, 0) is 17.7 Å². The number of carbonyl (C=O) groups excluding carboxylic acids is 1. The first-order valence-electron chi connectivity index (χ1n) is 6.29. The van der Waals surface area contributed by atoms with Crippen molar-refractivity contribution in [2.24, 2.45) is 5.10 Å². The molecule has 0 spiro atoms. The monoisotopic (exact) mass is 281 g/mol. The maximum Gasteiger partial charge on any atom is 0.341 e. The molecule has 0 aromatic heterocycles. The number of urea groups is 1. The lowest BCUT2D eigenvalue weighted by atomic mass is 10.0. The van der Waals surface area contributed by atoms with Crippen molar-refractivity contribution in [1.29, 1.82) is 0 Å². The second-order valence-corrected chi connectivity index (χ2v) is 4.94. The molecule has 106 valence electrons. The highest BCUT2D eigenvalue weighted by Crippen LogP contribution is 2.30. The molecule has 2 aliphatic rings. The van der Waals surface area contributed by atoms with Gasteiger partial charge in [0, 0.05) is 18.7 Å². The Morgan fingerprint density at radius 2 is 1.90 bits per heavy atom. The predicted octanol–water partition coefficient (Wildman–Crippen LogP) is 1.49. The Balaban J connectivity index is 1.81. The number of benzene rings is 1. The molecule has 1 saturated heterocycles. The van der Waals surface area contributed by atoms with E-state index in [1.807, 2.05) is 0 Å². The number of halogens is 2. The highest BCUT2D eigenvalue weighted by atomic mass is 19.1. The number of hydrogen-bond donors (Lipinski definition) is 1. The van der Waals surface area contributed by atoms with Crippen molar-refractivity contribution >= 4 is 12.2 Å². The Kier molecular flexibility index (Phi) is 3.13. The zero-order chi connectivity index (χ0) is 14.3. The molecular weight excluding hydrogens is 268 g/mol. The van der Waals surface area contributed by atoms with Crippen LogP contribution in [0.25, 0.3) is 0 Å². The quantitative estimate of drug-likeness (QED) is 0.848. The molecule has 0 unspecified atom stereocenters. The summed E-state index contributed by atoms with van der Waals surface area (Å²) < 4.78 is 26.5. The number of likely N-dealkylation sites (tertiary alicyclic amines) is 1. The van der Waals surface area contributed by atoms with Gasteiger partial charge in [-0.2, -0.15) is 5.10 Å². The molecule has 0 bridgehead atoms. The first-order valence-corrected chi connectivity index (χ1v) is 6.29. The van der Waals surface area contributed by atoms with Gasteiger partial charge in [-0.25, -0.2) is 18.6 Å². The molecule has 1 fully saturated rings. The minimum absolute atomic E-state index is 0.259. The summed E-state index contributed by atoms with van der Waals surface area (Å²) in [6, 6.07) is 2.32. The SMILES string of the molecule is O=C(N1CC(O)C1)N1N=CC[C@H]1c1cc(F)cc(F)c1. The van der Waals surface area contributed by atoms with Crippen LogP contribution in [0.4, 0.5) is 13.6 Å². The molecule has 7 heteroatoms. The third-order valence-electron chi connectivity index (χ3n) is 3.43. The standard InChI is InChI=1S/C13H13F2N3O2/c14-9-3-8(4-10(15)5-9)12-1-2-16-18(12)13(20)17-6-11(19)7-17/h2-5,11-12,19H,1,6-7H2/t12-/m0/s1. The topological polar surface area (TPSA) is 56.1 Å². The summed E-state index contributed by atoms with van der Waals surface area (Å²) in [6.45, 7) is 0.518. The van der Waals surface area contributed by atoms with Crippen LogP contribution in [0.15, 0.2) is 23.3 Å². The van der Waals surface area contributed by atoms with Crippen LogP contribution in [0, 0.1) is 11.6 Å². The van der Waals surface area contributed by atoms with Crippen LogP contribution < -0.4 is 0 Å². The number of aliphatic hydroxyl groups is 1. The predicted molar refractivity (Wildman–Crippen MR) is 67.0 cm³/mol. The lowest BCUT2D eigenvalue weighted by Gasteiger charge is -2.38. The fraction of sp³-hybridized carbons (Fsp3) is 0.385. The third-order valence-corrected chi connectivity index (χ3v) is 3.43. The number of rotatable bonds is 1. The Morgan fingerprint density at radius 3 is 2.50 bits per heavy atom. The molecule has 1 aromatic rings. The van der Waals surface area contributed by atoms with E-state index in [1.165, 1.54) is 22.0 Å². The van der Waals surface area contributed by atoms with Gasteiger partial charge in [-0.15, -0.1) is 0 Å². The molecule has 0 saturated carbocycles. The van der Waals surface area contributed by atoms with Crippen molar-refractivity contribution in [1.82, 2.24) is 9.91 Å². The summed E-state index contributed by atoms with van der Waals surface area (Å²) in [5.41, 5.74) is 0.370. The zero-order valence-corrected chi connectivity index (χ0v) is 10.5. The van der Waals surface area contributed by atoms with Gasteiger partial charge in [-0.1, -0.05) is 0 Å². The smallest absolute Gasteiger partial charge is 0.341 e. The molecule has 1 atom stereocenters. The van der Waals surface area contributed by atoms with E-state index in [0.29, 0.717) is 12.0 Å². The van der Waals surface area contributed by atoms with E-state index in [1.54, 1.807) is 6.21 Å². The fourth-order valence-corrected chi connectivity index (χ4v) is 2.40. The summed E-state index contributed by atoms with van der Waals surface area (Å²) >= 11 is 0. The summed E-state index contributed by atoms with van der Waals surface area (Å²) in [5.74, 6) is -1.36. The molecule has 3 rings (SSSR count). The minimum atomic E-state index is -0.682. The van der Waals surface area contributed by atoms with Crippen LogP contribution in [-0.4, -0.2) is 46.5 Å². The van der Waals surface area contributed by atoms with Crippen LogP contribution in [0.1, 0.15) is 18.0 Å². The third kappa shape index (κ3) is 2.24. The van der Waals surface area contributed by atoms with Gasteiger partial charge in [0.05, 0.1) is 25.2 Å². The van der Waals surface area contributed by atoms with Crippen molar-refractivity contribution in [3.8, 4) is 0 Å². The zero-order valence-electron chi connectivity index (χ0n) is 10.5. The number of hydrazone groups is 1. The van der Waals surface area contributed by atoms with E-state index in [9.17, 15) is 18.7 Å². The van der Waals surface area contributed by atoms with Crippen molar-refractivity contribution in [2.75, 3.05) is 13.1 Å². The maximum absolute atomic E-state index is 13.3. The summed E-state index contributed by atoms with van der Waals surface area (Å²) in [4.78, 5) is 13.6. The first kappa shape index (κ1) is 13.0. The van der Waals surface area contributed by atoms with Gasteiger partial charge in [0.15, 0.2) is 0 Å². The van der Waals surface area contributed by atoms with Crippen LogP contribution in [-0.2, 0) is 0 Å². The van der Waals surface area contributed by atoms with Crippen molar-refractivity contribution in [3.05, 3.63) is 35.4 Å².